The van der Waals surface area contributed by atoms with Crippen LogP contribution in [0.4, 0.5) is 5.69 Å². The van der Waals surface area contributed by atoms with Crippen LogP contribution in [0.2, 0.25) is 5.02 Å². The van der Waals surface area contributed by atoms with Gasteiger partial charge >= 0.3 is 0 Å². The monoisotopic (exact) mass is 385 g/mol. The fraction of sp³-hybridized carbons (Fsp3) is 0.105. The molecule has 3 rings (SSSR count). The molecule has 0 saturated heterocycles. The van der Waals surface area contributed by atoms with Gasteiger partial charge in [-0.1, -0.05) is 11.6 Å². The summed E-state index contributed by atoms with van der Waals surface area (Å²) in [6.45, 7) is 0. The average Bonchev–Trinajstić information content (AvgIpc) is 2.69. The Kier molecular flexibility index (Phi) is 5.42. The first-order valence-corrected chi connectivity index (χ1v) is 8.29. The van der Waals surface area contributed by atoms with Gasteiger partial charge in [0.15, 0.2) is 5.69 Å². The number of hydrogen-bond donors (Lipinski definition) is 1. The first-order valence-electron chi connectivity index (χ1n) is 7.91. The highest BCUT2D eigenvalue weighted by Crippen LogP contribution is 2.29. The van der Waals surface area contributed by atoms with Crippen molar-refractivity contribution in [2.45, 2.75) is 0 Å². The van der Waals surface area contributed by atoms with E-state index in [-0.39, 0.29) is 5.69 Å². The molecule has 1 N–H and O–H groups in total. The number of amides is 1. The third-order valence-corrected chi connectivity index (χ3v) is 4.02. The number of hydrogen-bond acceptors (Lipinski definition) is 5. The first-order chi connectivity index (χ1) is 13.0. The molecule has 0 spiro atoms. The third-order valence-electron chi connectivity index (χ3n) is 3.77. The van der Waals surface area contributed by atoms with Crippen molar-refractivity contribution in [3.8, 4) is 17.2 Å². The van der Waals surface area contributed by atoms with E-state index in [4.69, 9.17) is 21.1 Å². The number of aromatic nitrogens is 2. The molecule has 0 unspecified atom stereocenters. The Labute approximate surface area is 160 Å². The van der Waals surface area contributed by atoms with E-state index in [1.807, 2.05) is 0 Å². The van der Waals surface area contributed by atoms with Crippen LogP contribution in [-0.4, -0.2) is 29.9 Å². The lowest BCUT2D eigenvalue weighted by molar-refractivity contribution is 0.101. The fourth-order valence-electron chi connectivity index (χ4n) is 2.39. The highest BCUT2D eigenvalue weighted by atomic mass is 35.5. The Balaban J connectivity index is 1.92. The lowest BCUT2D eigenvalue weighted by atomic mass is 10.2. The van der Waals surface area contributed by atoms with Crippen LogP contribution in [0, 0.1) is 0 Å². The van der Waals surface area contributed by atoms with Gasteiger partial charge in [0, 0.05) is 23.4 Å². The molecular formula is C19H16ClN3O4. The SMILES string of the molecule is COc1ccc(NC(=O)c2nn(-c3ccc(Cl)cc3)ccc2=O)c(OC)c1. The number of carbonyl (C=O) groups is 1. The Morgan fingerprint density at radius 2 is 1.81 bits per heavy atom. The van der Waals surface area contributed by atoms with E-state index in [0.717, 1.165) is 0 Å². The van der Waals surface area contributed by atoms with Crippen molar-refractivity contribution in [2.75, 3.05) is 19.5 Å². The Morgan fingerprint density at radius 3 is 2.48 bits per heavy atom. The smallest absolute Gasteiger partial charge is 0.280 e. The highest BCUT2D eigenvalue weighted by molar-refractivity contribution is 6.30. The zero-order chi connectivity index (χ0) is 19.4. The van der Waals surface area contributed by atoms with Crippen molar-refractivity contribution in [2.24, 2.45) is 0 Å². The zero-order valence-electron chi connectivity index (χ0n) is 14.6. The summed E-state index contributed by atoms with van der Waals surface area (Å²) < 4.78 is 11.8. The second-order valence-electron chi connectivity index (χ2n) is 5.47. The molecule has 0 bridgehead atoms. The lowest BCUT2D eigenvalue weighted by Gasteiger charge is -2.12. The quantitative estimate of drug-likeness (QED) is 0.729. The average molecular weight is 386 g/mol. The molecule has 3 aromatic rings. The van der Waals surface area contributed by atoms with Crippen LogP contribution in [-0.2, 0) is 0 Å². The van der Waals surface area contributed by atoms with Gasteiger partial charge < -0.3 is 14.8 Å². The van der Waals surface area contributed by atoms with Crippen LogP contribution in [0.25, 0.3) is 5.69 Å². The van der Waals surface area contributed by atoms with Crippen molar-refractivity contribution in [1.29, 1.82) is 0 Å². The molecule has 0 saturated carbocycles. The molecule has 7 nitrogen and oxygen atoms in total. The summed E-state index contributed by atoms with van der Waals surface area (Å²) in [6, 6.07) is 13.0. The van der Waals surface area contributed by atoms with E-state index < -0.39 is 11.3 Å². The Bertz CT molecular complexity index is 1030. The summed E-state index contributed by atoms with van der Waals surface area (Å²) in [7, 11) is 3.00. The van der Waals surface area contributed by atoms with Crippen molar-refractivity contribution in [3.05, 3.63) is 75.7 Å². The van der Waals surface area contributed by atoms with Gasteiger partial charge in [-0.15, -0.1) is 0 Å². The van der Waals surface area contributed by atoms with Gasteiger partial charge in [-0.05, 0) is 36.4 Å². The van der Waals surface area contributed by atoms with Gasteiger partial charge in [0.05, 0.1) is 25.6 Å². The molecule has 1 amide bonds. The molecule has 138 valence electrons. The highest BCUT2D eigenvalue weighted by Gasteiger charge is 2.16. The number of nitrogens with one attached hydrogen (secondary N) is 1. The van der Waals surface area contributed by atoms with Crippen LogP contribution < -0.4 is 20.2 Å². The number of nitrogens with zero attached hydrogens (tertiary/aromatic N) is 2. The topological polar surface area (TPSA) is 82.5 Å². The van der Waals surface area contributed by atoms with Crippen molar-refractivity contribution < 1.29 is 14.3 Å². The van der Waals surface area contributed by atoms with Crippen LogP contribution in [0.5, 0.6) is 11.5 Å². The van der Waals surface area contributed by atoms with E-state index in [9.17, 15) is 9.59 Å². The second kappa shape index (κ2) is 7.92. The first kappa shape index (κ1) is 18.5. The Hall–Kier alpha value is -3.32. The fourth-order valence-corrected chi connectivity index (χ4v) is 2.51. The van der Waals surface area contributed by atoms with Crippen molar-refractivity contribution in [3.63, 3.8) is 0 Å². The molecule has 0 atom stereocenters. The van der Waals surface area contributed by atoms with Crippen molar-refractivity contribution in [1.82, 2.24) is 9.78 Å². The summed E-state index contributed by atoms with van der Waals surface area (Å²) in [4.78, 5) is 24.7. The van der Waals surface area contributed by atoms with E-state index in [1.54, 1.807) is 42.5 Å². The molecule has 0 fully saturated rings. The normalized spacial score (nSPS) is 10.3. The molecular weight excluding hydrogens is 370 g/mol. The minimum Gasteiger partial charge on any atom is -0.497 e. The maximum Gasteiger partial charge on any atom is 0.280 e. The summed E-state index contributed by atoms with van der Waals surface area (Å²) in [5, 5.41) is 7.36. The standard InChI is InChI=1S/C19H16ClN3O4/c1-26-14-7-8-15(17(11-14)27-2)21-19(25)18-16(24)9-10-23(22-18)13-5-3-12(20)4-6-13/h3-11H,1-2H3,(H,21,25). The summed E-state index contributed by atoms with van der Waals surface area (Å²) in [5.74, 6) is 0.330. The van der Waals surface area contributed by atoms with E-state index in [0.29, 0.717) is 27.9 Å². The number of rotatable bonds is 5. The summed E-state index contributed by atoms with van der Waals surface area (Å²) in [6.07, 6.45) is 1.48. The van der Waals surface area contributed by atoms with E-state index in [2.05, 4.69) is 10.4 Å². The number of halogens is 1. The van der Waals surface area contributed by atoms with Crippen LogP contribution in [0.15, 0.2) is 59.5 Å². The summed E-state index contributed by atoms with van der Waals surface area (Å²) >= 11 is 5.88. The van der Waals surface area contributed by atoms with Crippen LogP contribution in [0.3, 0.4) is 0 Å². The predicted octanol–water partition coefficient (Wildman–Crippen LogP) is 3.16. The van der Waals surface area contributed by atoms with E-state index in [1.165, 1.54) is 31.2 Å². The molecule has 0 aliphatic carbocycles. The number of anilines is 1. The maximum absolute atomic E-state index is 12.6. The number of carbonyl (C=O) groups excluding carboxylic acids is 1. The van der Waals surface area contributed by atoms with E-state index >= 15 is 0 Å². The zero-order valence-corrected chi connectivity index (χ0v) is 15.4. The molecule has 0 radical (unpaired) electrons. The second-order valence-corrected chi connectivity index (χ2v) is 5.91. The minimum absolute atomic E-state index is 0.245. The number of benzene rings is 2. The Morgan fingerprint density at radius 1 is 1.07 bits per heavy atom. The van der Waals surface area contributed by atoms with Gasteiger partial charge in [-0.2, -0.15) is 5.10 Å². The largest absolute Gasteiger partial charge is 0.497 e. The molecule has 27 heavy (non-hydrogen) atoms. The third kappa shape index (κ3) is 4.09. The minimum atomic E-state index is -0.646. The molecule has 0 aliphatic rings. The van der Waals surface area contributed by atoms with Gasteiger partial charge in [0.25, 0.3) is 5.91 Å². The number of ether oxygens (including phenoxy) is 2. The molecule has 8 heteroatoms. The van der Waals surface area contributed by atoms with Crippen LogP contribution in [0.1, 0.15) is 10.5 Å². The van der Waals surface area contributed by atoms with Crippen molar-refractivity contribution >= 4 is 23.2 Å². The lowest BCUT2D eigenvalue weighted by Crippen LogP contribution is -2.25. The molecule has 1 aromatic heterocycles. The molecule has 1 heterocycles. The molecule has 2 aromatic carbocycles. The maximum atomic E-state index is 12.6. The van der Waals surface area contributed by atoms with Gasteiger partial charge in [-0.25, -0.2) is 4.68 Å². The van der Waals surface area contributed by atoms with Crippen LogP contribution >= 0.6 is 11.6 Å². The number of methoxy groups -OCH3 is 2. The molecule has 0 aliphatic heterocycles. The van der Waals surface area contributed by atoms with Gasteiger partial charge in [0.1, 0.15) is 11.5 Å². The predicted molar refractivity (Wildman–Crippen MR) is 102 cm³/mol. The summed E-state index contributed by atoms with van der Waals surface area (Å²) in [5.41, 5.74) is 0.317. The van der Waals surface area contributed by atoms with Gasteiger partial charge in [0.2, 0.25) is 5.43 Å². The van der Waals surface area contributed by atoms with Gasteiger partial charge in [-0.3, -0.25) is 9.59 Å².